The molecule has 6 nitrogen and oxygen atoms in total. The number of hydrogen-bond donors (Lipinski definition) is 2. The Labute approximate surface area is 187 Å². The topological polar surface area (TPSA) is 89.6 Å². The highest BCUT2D eigenvalue weighted by Crippen LogP contribution is 2.48. The van der Waals surface area contributed by atoms with Crippen molar-refractivity contribution in [1.29, 1.82) is 0 Å². The minimum atomic E-state index is -0.628. The first-order valence-corrected chi connectivity index (χ1v) is 11.5. The highest BCUT2D eigenvalue weighted by atomic mass is 79.9. The van der Waals surface area contributed by atoms with Crippen LogP contribution < -0.4 is 15.8 Å². The number of carbonyl (C=O) groups excluding carboxylic acids is 1. The number of nitrogens with zero attached hydrogens (tertiary/aromatic N) is 2. The fraction of sp³-hybridized carbons (Fsp3) is 0.381. The molecule has 1 unspecified atom stereocenters. The summed E-state index contributed by atoms with van der Waals surface area (Å²) in [4.78, 5) is 20.9. The number of amidine groups is 1. The van der Waals surface area contributed by atoms with Crippen LogP contribution in [0.15, 0.2) is 46.0 Å². The Morgan fingerprint density at radius 1 is 1.50 bits per heavy atom. The van der Waals surface area contributed by atoms with Crippen molar-refractivity contribution < 1.29 is 13.9 Å². The van der Waals surface area contributed by atoms with E-state index in [9.17, 15) is 9.18 Å². The second-order valence-corrected chi connectivity index (χ2v) is 9.55. The molecule has 0 saturated heterocycles. The van der Waals surface area contributed by atoms with Gasteiger partial charge in [0, 0.05) is 34.4 Å². The van der Waals surface area contributed by atoms with E-state index in [4.69, 9.17) is 15.5 Å². The van der Waals surface area contributed by atoms with E-state index in [1.807, 2.05) is 19.1 Å². The van der Waals surface area contributed by atoms with Crippen LogP contribution in [0.25, 0.3) is 0 Å². The minimum absolute atomic E-state index is 0.0557. The van der Waals surface area contributed by atoms with Crippen LogP contribution in [-0.2, 0) is 5.54 Å². The summed E-state index contributed by atoms with van der Waals surface area (Å²) in [6.07, 6.45) is 3.47. The lowest BCUT2D eigenvalue weighted by atomic mass is 9.82. The van der Waals surface area contributed by atoms with Crippen molar-refractivity contribution in [2.75, 3.05) is 5.75 Å². The highest BCUT2D eigenvalue weighted by molar-refractivity contribution is 9.10. The Kier molecular flexibility index (Phi) is 6.02. The van der Waals surface area contributed by atoms with Gasteiger partial charge in [-0.15, -0.1) is 0 Å². The molecular formula is C21H22BrFN4O2S. The molecule has 2 aliphatic rings. The first kappa shape index (κ1) is 21.1. The van der Waals surface area contributed by atoms with E-state index < -0.39 is 11.7 Å². The third kappa shape index (κ3) is 4.32. The summed E-state index contributed by atoms with van der Waals surface area (Å²) in [5, 5.41) is 3.41. The van der Waals surface area contributed by atoms with Crippen molar-refractivity contribution in [3.8, 4) is 5.75 Å². The third-order valence-electron chi connectivity index (χ3n) is 5.36. The lowest BCUT2D eigenvalue weighted by Crippen LogP contribution is -2.39. The molecule has 1 aromatic carbocycles. The number of nitrogens with one attached hydrogen (secondary N) is 1. The van der Waals surface area contributed by atoms with Gasteiger partial charge >= 0.3 is 0 Å². The van der Waals surface area contributed by atoms with Gasteiger partial charge in [-0.3, -0.25) is 9.79 Å². The Bertz CT molecular complexity index is 1000. The maximum atomic E-state index is 13.8. The molecule has 0 radical (unpaired) electrons. The Morgan fingerprint density at radius 3 is 3.07 bits per heavy atom. The molecule has 0 saturated carbocycles. The molecule has 158 valence electrons. The van der Waals surface area contributed by atoms with Gasteiger partial charge in [0.05, 0.1) is 0 Å². The van der Waals surface area contributed by atoms with Crippen molar-refractivity contribution in [3.63, 3.8) is 0 Å². The lowest BCUT2D eigenvalue weighted by Gasteiger charge is -2.38. The molecule has 2 aromatic rings. The van der Waals surface area contributed by atoms with Crippen LogP contribution >= 0.6 is 27.7 Å². The number of ether oxygens (including phenoxy) is 1. The Hall–Kier alpha value is -2.13. The van der Waals surface area contributed by atoms with Gasteiger partial charge in [-0.25, -0.2) is 9.37 Å². The largest absolute Gasteiger partial charge is 0.490 e. The molecule has 30 heavy (non-hydrogen) atoms. The normalized spacial score (nSPS) is 23.4. The van der Waals surface area contributed by atoms with Gasteiger partial charge in [-0.2, -0.15) is 0 Å². The van der Waals surface area contributed by atoms with Gasteiger partial charge in [-0.05, 0) is 50.1 Å². The molecule has 0 fully saturated rings. The van der Waals surface area contributed by atoms with Gasteiger partial charge in [0.2, 0.25) is 0 Å². The van der Waals surface area contributed by atoms with Crippen molar-refractivity contribution >= 4 is 38.8 Å². The smallest absolute Gasteiger partial charge is 0.273 e. The molecular weight excluding hydrogens is 471 g/mol. The van der Waals surface area contributed by atoms with E-state index in [0.29, 0.717) is 11.6 Å². The number of aliphatic imine (C=N–C) groups is 1. The summed E-state index contributed by atoms with van der Waals surface area (Å²) in [6.45, 7) is 1.89. The Morgan fingerprint density at radius 2 is 2.33 bits per heavy atom. The fourth-order valence-corrected chi connectivity index (χ4v) is 5.23. The number of nitrogens with two attached hydrogens (primary N) is 1. The molecule has 3 heterocycles. The van der Waals surface area contributed by atoms with Crippen molar-refractivity contribution in [2.24, 2.45) is 10.7 Å². The van der Waals surface area contributed by atoms with Crippen molar-refractivity contribution in [2.45, 2.75) is 43.9 Å². The van der Waals surface area contributed by atoms with Gasteiger partial charge in [0.1, 0.15) is 17.4 Å². The average Bonchev–Trinajstić information content (AvgIpc) is 3.08. The maximum absolute atomic E-state index is 13.8. The van der Waals surface area contributed by atoms with Crippen LogP contribution in [0.2, 0.25) is 0 Å². The number of benzene rings is 1. The number of rotatable bonds is 5. The van der Waals surface area contributed by atoms with Crippen LogP contribution in [0.3, 0.4) is 0 Å². The zero-order chi connectivity index (χ0) is 21.3. The zero-order valence-electron chi connectivity index (χ0n) is 16.4. The SMILES string of the molecule is C[C@@H](CC[C@H]1CC2(CSC(N)=N2)c2cc(Br)ccc2O1)NC(=O)c1ncccc1F. The van der Waals surface area contributed by atoms with E-state index in [1.54, 1.807) is 11.8 Å². The molecule has 1 aromatic heterocycles. The van der Waals surface area contributed by atoms with Gasteiger partial charge in [0.25, 0.3) is 5.91 Å². The van der Waals surface area contributed by atoms with E-state index >= 15 is 0 Å². The molecule has 3 N–H and O–H groups in total. The number of thioether (sulfide) groups is 1. The lowest BCUT2D eigenvalue weighted by molar-refractivity contribution is 0.0913. The molecule has 9 heteroatoms. The Balaban J connectivity index is 1.42. The van der Waals surface area contributed by atoms with Crippen LogP contribution in [0.1, 0.15) is 42.2 Å². The molecule has 1 amide bonds. The quantitative estimate of drug-likeness (QED) is 0.658. The van der Waals surface area contributed by atoms with Crippen LogP contribution in [0.4, 0.5) is 4.39 Å². The van der Waals surface area contributed by atoms with E-state index in [0.717, 1.165) is 34.4 Å². The number of fused-ring (bicyclic) bond motifs is 2. The minimum Gasteiger partial charge on any atom is -0.490 e. The number of hydrogen-bond acceptors (Lipinski definition) is 6. The van der Waals surface area contributed by atoms with E-state index in [1.165, 1.54) is 18.3 Å². The summed E-state index contributed by atoms with van der Waals surface area (Å²) in [7, 11) is 0. The predicted octanol–water partition coefficient (Wildman–Crippen LogP) is 3.99. The summed E-state index contributed by atoms with van der Waals surface area (Å²) < 4.78 is 21.0. The van der Waals surface area contributed by atoms with E-state index in [-0.39, 0.29) is 23.4 Å². The number of aromatic nitrogens is 1. The average molecular weight is 493 g/mol. The standard InChI is InChI=1S/C21H22BrFN4O2S/c1-12(26-19(28)18-16(23)3-2-8-25-18)4-6-14-10-21(11-30-20(24)27-21)15-9-13(22)5-7-17(15)29-14/h2-3,5,7-9,12,14H,4,6,10-11H2,1H3,(H2,24,27)(H,26,28)/t12-,14-,21?/m0/s1. The molecule has 4 rings (SSSR count). The van der Waals surface area contributed by atoms with Crippen LogP contribution in [-0.4, -0.2) is 34.0 Å². The van der Waals surface area contributed by atoms with Gasteiger partial charge in [-0.1, -0.05) is 27.7 Å². The first-order chi connectivity index (χ1) is 14.4. The predicted molar refractivity (Wildman–Crippen MR) is 119 cm³/mol. The van der Waals surface area contributed by atoms with Gasteiger partial charge < -0.3 is 15.8 Å². The zero-order valence-corrected chi connectivity index (χ0v) is 18.8. The molecule has 1 spiro atoms. The second kappa shape index (κ2) is 8.55. The van der Waals surface area contributed by atoms with Crippen molar-refractivity contribution in [3.05, 3.63) is 58.1 Å². The summed E-state index contributed by atoms with van der Waals surface area (Å²) in [6, 6.07) is 8.49. The number of pyridine rings is 1. The molecule has 0 aliphatic carbocycles. The number of halogens is 2. The highest BCUT2D eigenvalue weighted by Gasteiger charge is 2.45. The molecule has 3 atom stereocenters. The van der Waals surface area contributed by atoms with Crippen LogP contribution in [0.5, 0.6) is 5.75 Å². The molecule has 0 bridgehead atoms. The van der Waals surface area contributed by atoms with Crippen molar-refractivity contribution in [1.82, 2.24) is 10.3 Å². The van der Waals surface area contributed by atoms with Gasteiger partial charge in [0.15, 0.2) is 16.7 Å². The molecule has 2 aliphatic heterocycles. The third-order valence-corrected chi connectivity index (χ3v) is 6.86. The maximum Gasteiger partial charge on any atom is 0.273 e. The monoisotopic (exact) mass is 492 g/mol. The van der Waals surface area contributed by atoms with E-state index in [2.05, 4.69) is 32.3 Å². The van der Waals surface area contributed by atoms with Crippen LogP contribution in [0, 0.1) is 5.82 Å². The summed E-state index contributed by atoms with van der Waals surface area (Å²) >= 11 is 5.10. The first-order valence-electron chi connectivity index (χ1n) is 9.72. The fourth-order valence-electron chi connectivity index (χ4n) is 3.90. The summed E-state index contributed by atoms with van der Waals surface area (Å²) in [5.41, 5.74) is 6.47. The second-order valence-electron chi connectivity index (χ2n) is 7.64. The summed E-state index contributed by atoms with van der Waals surface area (Å²) in [5.74, 6) is 0.465. The number of amides is 1. The number of carbonyl (C=O) groups is 1.